The smallest absolute Gasteiger partial charge is 0.341 e. The monoisotopic (exact) mass is 375 g/mol. The Kier molecular flexibility index (Phi) is 4.39. The van der Waals surface area contributed by atoms with Gasteiger partial charge in [0, 0.05) is 48.9 Å². The van der Waals surface area contributed by atoms with E-state index < -0.39 is 23.8 Å². The number of anilines is 1. The summed E-state index contributed by atoms with van der Waals surface area (Å²) in [6.45, 7) is 3.43. The predicted molar refractivity (Wildman–Crippen MR) is 99.0 cm³/mol. The van der Waals surface area contributed by atoms with Gasteiger partial charge in [-0.05, 0) is 25.8 Å². The Morgan fingerprint density at radius 2 is 2.15 bits per heavy atom. The number of aromatic carboxylic acids is 1. The summed E-state index contributed by atoms with van der Waals surface area (Å²) in [5.74, 6) is -1.94. The number of nitrogens with zero attached hydrogens (tertiary/aromatic N) is 2. The standard InChI is InChI=1S/C19H22FN3O4/c1-10-7-22(5-4-21-10)17-14(9-24)16-12(6-15(17)20)18(25)13(19(26)27)8-23(16)11-2-3-11/h6,8,10-11,21,24H,2-5,7,9H2,1H3,(H,26,27). The van der Waals surface area contributed by atoms with Crippen molar-refractivity contribution in [3.05, 3.63) is 39.4 Å². The number of hydrogen-bond acceptors (Lipinski definition) is 5. The number of benzene rings is 1. The number of aliphatic hydroxyl groups excluding tert-OH is 1. The lowest BCUT2D eigenvalue weighted by Crippen LogP contribution is -2.49. The fraction of sp³-hybridized carbons (Fsp3) is 0.474. The summed E-state index contributed by atoms with van der Waals surface area (Å²) in [4.78, 5) is 26.0. The summed E-state index contributed by atoms with van der Waals surface area (Å²) in [6, 6.07) is 1.36. The molecule has 3 N–H and O–H groups in total. The quantitative estimate of drug-likeness (QED) is 0.749. The summed E-state index contributed by atoms with van der Waals surface area (Å²) in [7, 11) is 0. The molecule has 4 rings (SSSR count). The van der Waals surface area contributed by atoms with Gasteiger partial charge >= 0.3 is 5.97 Å². The Hall–Kier alpha value is -2.45. The van der Waals surface area contributed by atoms with E-state index in [4.69, 9.17) is 0 Å². The number of hydrogen-bond donors (Lipinski definition) is 3. The van der Waals surface area contributed by atoms with Gasteiger partial charge in [0.15, 0.2) is 0 Å². The molecule has 2 aromatic rings. The summed E-state index contributed by atoms with van der Waals surface area (Å²) in [5, 5.41) is 22.8. The third-order valence-electron chi connectivity index (χ3n) is 5.35. The summed E-state index contributed by atoms with van der Waals surface area (Å²) in [6.07, 6.45) is 3.06. The first-order chi connectivity index (χ1) is 12.9. The highest BCUT2D eigenvalue weighted by molar-refractivity contribution is 5.95. The number of aliphatic hydroxyl groups is 1. The van der Waals surface area contributed by atoms with Crippen LogP contribution in [0.4, 0.5) is 10.1 Å². The van der Waals surface area contributed by atoms with E-state index in [1.54, 1.807) is 4.57 Å². The van der Waals surface area contributed by atoms with E-state index in [-0.39, 0.29) is 23.0 Å². The molecule has 1 atom stereocenters. The zero-order valence-electron chi connectivity index (χ0n) is 15.0. The van der Waals surface area contributed by atoms with Gasteiger partial charge in [0.1, 0.15) is 11.4 Å². The molecule has 7 nitrogen and oxygen atoms in total. The summed E-state index contributed by atoms with van der Waals surface area (Å²) >= 11 is 0. The van der Waals surface area contributed by atoms with Crippen LogP contribution in [0.5, 0.6) is 0 Å². The molecule has 0 amide bonds. The maximum absolute atomic E-state index is 15.1. The number of carboxylic acids is 1. The molecule has 0 bridgehead atoms. The molecule has 2 aliphatic rings. The number of carboxylic acid groups (broad SMARTS) is 1. The van der Waals surface area contributed by atoms with Crippen LogP contribution >= 0.6 is 0 Å². The minimum atomic E-state index is -1.33. The maximum atomic E-state index is 15.1. The Morgan fingerprint density at radius 3 is 2.74 bits per heavy atom. The molecule has 0 spiro atoms. The van der Waals surface area contributed by atoms with Crippen molar-refractivity contribution in [2.75, 3.05) is 24.5 Å². The Bertz CT molecular complexity index is 983. The Labute approximate surface area is 155 Å². The van der Waals surface area contributed by atoms with Crippen molar-refractivity contribution in [3.8, 4) is 0 Å². The number of halogens is 1. The normalized spacial score (nSPS) is 20.3. The van der Waals surface area contributed by atoms with E-state index in [1.165, 1.54) is 6.20 Å². The highest BCUT2D eigenvalue weighted by Gasteiger charge is 2.31. The van der Waals surface area contributed by atoms with E-state index in [0.717, 1.165) is 18.9 Å². The zero-order chi connectivity index (χ0) is 19.3. The van der Waals surface area contributed by atoms with E-state index in [0.29, 0.717) is 36.4 Å². The van der Waals surface area contributed by atoms with Gasteiger partial charge in [-0.25, -0.2) is 9.18 Å². The van der Waals surface area contributed by atoms with E-state index in [1.807, 2.05) is 11.8 Å². The van der Waals surface area contributed by atoms with Crippen molar-refractivity contribution in [1.82, 2.24) is 9.88 Å². The molecule has 1 aliphatic heterocycles. The van der Waals surface area contributed by atoms with E-state index in [2.05, 4.69) is 5.32 Å². The predicted octanol–water partition coefficient (Wildman–Crippen LogP) is 1.46. The minimum Gasteiger partial charge on any atom is -0.477 e. The summed E-state index contributed by atoms with van der Waals surface area (Å²) in [5.41, 5.74) is -0.00249. The molecule has 27 heavy (non-hydrogen) atoms. The fourth-order valence-corrected chi connectivity index (χ4v) is 3.98. The molecule has 0 radical (unpaired) electrons. The molecule has 8 heteroatoms. The highest BCUT2D eigenvalue weighted by atomic mass is 19.1. The SMILES string of the molecule is CC1CN(c2c(F)cc3c(=O)c(C(=O)O)cn(C4CC4)c3c2CO)CCN1. The van der Waals surface area contributed by atoms with Crippen molar-refractivity contribution < 1.29 is 19.4 Å². The second-order valence-electron chi connectivity index (χ2n) is 7.36. The van der Waals surface area contributed by atoms with Crippen LogP contribution in [0.2, 0.25) is 0 Å². The lowest BCUT2D eigenvalue weighted by atomic mass is 10.0. The number of rotatable bonds is 4. The first-order valence-corrected chi connectivity index (χ1v) is 9.15. The first-order valence-electron chi connectivity index (χ1n) is 9.15. The molecule has 1 aliphatic carbocycles. The number of carbonyl (C=O) groups is 1. The highest BCUT2D eigenvalue weighted by Crippen LogP contribution is 2.40. The number of nitrogens with one attached hydrogen (secondary N) is 1. The van der Waals surface area contributed by atoms with Crippen molar-refractivity contribution >= 4 is 22.6 Å². The van der Waals surface area contributed by atoms with Gasteiger partial charge in [0.25, 0.3) is 0 Å². The lowest BCUT2D eigenvalue weighted by molar-refractivity contribution is 0.0695. The first kappa shape index (κ1) is 17.9. The van der Waals surface area contributed by atoms with Gasteiger partial charge < -0.3 is 25.0 Å². The molecule has 2 heterocycles. The van der Waals surface area contributed by atoms with Crippen LogP contribution in [-0.4, -0.2) is 46.4 Å². The third kappa shape index (κ3) is 2.98. The Morgan fingerprint density at radius 1 is 1.41 bits per heavy atom. The zero-order valence-corrected chi connectivity index (χ0v) is 15.0. The lowest BCUT2D eigenvalue weighted by Gasteiger charge is -2.35. The second-order valence-corrected chi connectivity index (χ2v) is 7.36. The van der Waals surface area contributed by atoms with E-state index in [9.17, 15) is 19.8 Å². The molecule has 1 saturated heterocycles. The van der Waals surface area contributed by atoms with Crippen LogP contribution in [-0.2, 0) is 6.61 Å². The van der Waals surface area contributed by atoms with Crippen LogP contribution < -0.4 is 15.6 Å². The number of pyridine rings is 1. The molecular formula is C19H22FN3O4. The van der Waals surface area contributed by atoms with Gasteiger partial charge in [-0.15, -0.1) is 0 Å². The molecule has 1 unspecified atom stereocenters. The topological polar surface area (TPSA) is 94.8 Å². The van der Waals surface area contributed by atoms with Gasteiger partial charge in [-0.1, -0.05) is 0 Å². The van der Waals surface area contributed by atoms with Crippen LogP contribution in [0, 0.1) is 5.82 Å². The Balaban J connectivity index is 2.03. The van der Waals surface area contributed by atoms with Gasteiger partial charge in [-0.3, -0.25) is 4.79 Å². The van der Waals surface area contributed by atoms with Gasteiger partial charge in [-0.2, -0.15) is 0 Å². The molecule has 2 fully saturated rings. The molecule has 1 aromatic carbocycles. The fourth-order valence-electron chi connectivity index (χ4n) is 3.98. The van der Waals surface area contributed by atoms with E-state index >= 15 is 4.39 Å². The number of piperazine rings is 1. The third-order valence-corrected chi connectivity index (χ3v) is 5.35. The largest absolute Gasteiger partial charge is 0.477 e. The van der Waals surface area contributed by atoms with Crippen LogP contribution in [0.1, 0.15) is 41.7 Å². The average molecular weight is 375 g/mol. The maximum Gasteiger partial charge on any atom is 0.341 e. The van der Waals surface area contributed by atoms with Crippen molar-refractivity contribution in [2.24, 2.45) is 0 Å². The molecule has 1 aromatic heterocycles. The van der Waals surface area contributed by atoms with Crippen LogP contribution in [0.15, 0.2) is 17.1 Å². The van der Waals surface area contributed by atoms with Crippen molar-refractivity contribution in [3.63, 3.8) is 0 Å². The molecular weight excluding hydrogens is 353 g/mol. The number of aromatic nitrogens is 1. The van der Waals surface area contributed by atoms with Crippen molar-refractivity contribution in [1.29, 1.82) is 0 Å². The molecule has 1 saturated carbocycles. The minimum absolute atomic E-state index is 0.00952. The number of fused-ring (bicyclic) bond motifs is 1. The van der Waals surface area contributed by atoms with Crippen molar-refractivity contribution in [2.45, 2.75) is 38.5 Å². The van der Waals surface area contributed by atoms with Crippen LogP contribution in [0.3, 0.4) is 0 Å². The van der Waals surface area contributed by atoms with Gasteiger partial charge in [0.05, 0.1) is 17.8 Å². The summed E-state index contributed by atoms with van der Waals surface area (Å²) < 4.78 is 16.8. The van der Waals surface area contributed by atoms with Gasteiger partial charge in [0.2, 0.25) is 5.43 Å². The van der Waals surface area contributed by atoms with Crippen LogP contribution in [0.25, 0.3) is 10.9 Å². The second kappa shape index (κ2) is 6.61. The average Bonchev–Trinajstić information content (AvgIpc) is 3.46. The molecule has 144 valence electrons.